The van der Waals surface area contributed by atoms with Crippen LogP contribution in [0.4, 0.5) is 5.69 Å². The fourth-order valence-corrected chi connectivity index (χ4v) is 6.55. The number of unbranched alkanes of at least 4 members (excludes halogenated alkanes) is 4. The second-order valence-corrected chi connectivity index (χ2v) is 10.8. The van der Waals surface area contributed by atoms with Gasteiger partial charge in [-0.25, -0.2) is 0 Å². The van der Waals surface area contributed by atoms with Crippen molar-refractivity contribution in [3.63, 3.8) is 0 Å². The van der Waals surface area contributed by atoms with Gasteiger partial charge in [0.15, 0.2) is 0 Å². The molecule has 9 heteroatoms. The van der Waals surface area contributed by atoms with Crippen molar-refractivity contribution in [2.24, 2.45) is 11.8 Å². The summed E-state index contributed by atoms with van der Waals surface area (Å²) in [6.07, 6.45) is 8.52. The van der Waals surface area contributed by atoms with Gasteiger partial charge in [-0.1, -0.05) is 25.0 Å². The Morgan fingerprint density at radius 2 is 1.90 bits per heavy atom. The largest absolute Gasteiger partial charge is 0.497 e. The summed E-state index contributed by atoms with van der Waals surface area (Å²) < 4.78 is 17.4. The van der Waals surface area contributed by atoms with Crippen molar-refractivity contribution in [1.82, 2.24) is 4.90 Å². The summed E-state index contributed by atoms with van der Waals surface area (Å²) in [6.45, 7) is 8.55. The number of esters is 1. The van der Waals surface area contributed by atoms with Gasteiger partial charge < -0.3 is 29.1 Å². The van der Waals surface area contributed by atoms with Gasteiger partial charge in [0.25, 0.3) is 5.91 Å². The number of carbonyl (C=O) groups excluding carboxylic acids is 3. The number of aliphatic hydroxyl groups excluding tert-OH is 1. The van der Waals surface area contributed by atoms with Crippen LogP contribution < -0.4 is 9.64 Å². The molecule has 2 amide bonds. The maximum absolute atomic E-state index is 14.4. The first-order chi connectivity index (χ1) is 19.4. The molecule has 3 aliphatic heterocycles. The number of amides is 2. The number of likely N-dealkylation sites (tertiary alicyclic amines) is 1. The molecule has 2 bridgehead atoms. The van der Waals surface area contributed by atoms with Crippen LogP contribution in [0.25, 0.3) is 0 Å². The molecule has 0 radical (unpaired) electrons. The maximum atomic E-state index is 14.4. The molecule has 2 unspecified atom stereocenters. The first-order valence-corrected chi connectivity index (χ1v) is 14.4. The van der Waals surface area contributed by atoms with Crippen molar-refractivity contribution in [1.29, 1.82) is 0 Å². The standard InChI is InChI=1S/C31H42N2O7/c1-4-6-11-21-39-30(37)25-24-16-17-31(40-24)26(25)28(35)33(19-9-7-8-10-20-34)27(31)29(36)32(18-5-2)22-12-14-23(38-3)15-13-22/h4-5,12-15,24-27,34H,1-2,6-11,16-21H2,3H3/t24-,25+,26+,27?,31?/m1/s1. The van der Waals surface area contributed by atoms with Crippen molar-refractivity contribution >= 4 is 23.5 Å². The number of nitrogens with zero attached hydrogens (tertiary/aromatic N) is 2. The number of anilines is 1. The van der Waals surface area contributed by atoms with Gasteiger partial charge in [0.2, 0.25) is 5.91 Å². The molecule has 0 aliphatic carbocycles. The van der Waals surface area contributed by atoms with Crippen LogP contribution >= 0.6 is 0 Å². The van der Waals surface area contributed by atoms with Gasteiger partial charge in [0, 0.05) is 25.4 Å². The minimum absolute atomic E-state index is 0.124. The first-order valence-electron chi connectivity index (χ1n) is 14.4. The average Bonchev–Trinajstić information content (AvgIpc) is 3.61. The van der Waals surface area contributed by atoms with E-state index in [1.165, 1.54) is 0 Å². The fraction of sp³-hybridized carbons (Fsp3) is 0.581. The Kier molecular flexibility index (Phi) is 10.0. The number of benzene rings is 1. The van der Waals surface area contributed by atoms with E-state index in [1.807, 2.05) is 12.1 Å². The summed E-state index contributed by atoms with van der Waals surface area (Å²) in [4.78, 5) is 45.1. The molecule has 1 aromatic carbocycles. The number of hydrogen-bond acceptors (Lipinski definition) is 7. The van der Waals surface area contributed by atoms with Gasteiger partial charge in [-0.2, -0.15) is 0 Å². The summed E-state index contributed by atoms with van der Waals surface area (Å²) in [5, 5.41) is 9.14. The molecule has 1 spiro atoms. The zero-order valence-corrected chi connectivity index (χ0v) is 23.5. The van der Waals surface area contributed by atoms with Crippen molar-refractivity contribution in [2.75, 3.05) is 38.3 Å². The third-order valence-electron chi connectivity index (χ3n) is 8.37. The lowest BCUT2D eigenvalue weighted by atomic mass is 9.70. The monoisotopic (exact) mass is 554 g/mol. The van der Waals surface area contributed by atoms with Gasteiger partial charge in [0.05, 0.1) is 31.7 Å². The number of rotatable bonds is 16. The molecule has 40 heavy (non-hydrogen) atoms. The lowest BCUT2D eigenvalue weighted by Gasteiger charge is -2.36. The van der Waals surface area contributed by atoms with Gasteiger partial charge in [-0.3, -0.25) is 14.4 Å². The number of methoxy groups -OCH3 is 1. The Bertz CT molecular complexity index is 1070. The van der Waals surface area contributed by atoms with Gasteiger partial charge in [-0.15, -0.1) is 13.2 Å². The molecule has 4 rings (SSSR count). The second kappa shape index (κ2) is 13.5. The SMILES string of the molecule is C=CCCCOC(=O)[C@@H]1[C@H]2C(=O)N(CCCCCCO)C(C(=O)N(CC=C)c3ccc(OC)cc3)C23CC[C@H]1O3. The molecule has 1 aromatic rings. The number of carbonyl (C=O) groups is 3. The van der Waals surface area contributed by atoms with E-state index >= 15 is 0 Å². The molecule has 1 N–H and O–H groups in total. The van der Waals surface area contributed by atoms with Crippen molar-refractivity contribution in [2.45, 2.75) is 69.1 Å². The van der Waals surface area contributed by atoms with Crippen molar-refractivity contribution < 1.29 is 33.7 Å². The average molecular weight is 555 g/mol. The fourth-order valence-electron chi connectivity index (χ4n) is 6.55. The molecule has 3 aliphatic rings. The number of ether oxygens (including phenoxy) is 3. The normalized spacial score (nSPS) is 26.4. The summed E-state index contributed by atoms with van der Waals surface area (Å²) in [7, 11) is 1.58. The van der Waals surface area contributed by atoms with Crippen LogP contribution in [0.3, 0.4) is 0 Å². The van der Waals surface area contributed by atoms with Gasteiger partial charge >= 0.3 is 5.97 Å². The number of aliphatic hydroxyl groups is 1. The highest BCUT2D eigenvalue weighted by molar-refractivity contribution is 6.04. The van der Waals surface area contributed by atoms with Crippen molar-refractivity contribution in [3.8, 4) is 5.75 Å². The molecule has 3 fully saturated rings. The Balaban J connectivity index is 1.64. The summed E-state index contributed by atoms with van der Waals surface area (Å²) in [5.41, 5.74) is -0.424. The lowest BCUT2D eigenvalue weighted by molar-refractivity contribution is -0.155. The molecule has 0 saturated carbocycles. The quantitative estimate of drug-likeness (QED) is 0.189. The van der Waals surface area contributed by atoms with E-state index in [0.717, 1.165) is 19.3 Å². The predicted molar refractivity (Wildman–Crippen MR) is 151 cm³/mol. The minimum Gasteiger partial charge on any atom is -0.497 e. The summed E-state index contributed by atoms with van der Waals surface area (Å²) in [5.74, 6) is -1.72. The number of hydrogen-bond donors (Lipinski definition) is 1. The zero-order chi connectivity index (χ0) is 28.7. The zero-order valence-electron chi connectivity index (χ0n) is 23.5. The topological polar surface area (TPSA) is 106 Å². The Labute approximate surface area is 236 Å². The first kappa shape index (κ1) is 29.8. The van der Waals surface area contributed by atoms with E-state index in [4.69, 9.17) is 19.3 Å². The Morgan fingerprint density at radius 3 is 2.58 bits per heavy atom. The summed E-state index contributed by atoms with van der Waals surface area (Å²) >= 11 is 0. The number of allylic oxidation sites excluding steroid dienone is 1. The molecule has 3 saturated heterocycles. The Hall–Kier alpha value is -3.17. The third kappa shape index (κ3) is 5.67. The highest BCUT2D eigenvalue weighted by atomic mass is 16.6. The van der Waals surface area contributed by atoms with Crippen LogP contribution in [0.2, 0.25) is 0 Å². The molecule has 218 valence electrons. The maximum Gasteiger partial charge on any atom is 0.312 e. The van der Waals surface area contributed by atoms with Crippen LogP contribution in [0.15, 0.2) is 49.6 Å². The van der Waals surface area contributed by atoms with Crippen LogP contribution in [-0.4, -0.2) is 79.0 Å². The summed E-state index contributed by atoms with van der Waals surface area (Å²) in [6, 6.07) is 6.32. The van der Waals surface area contributed by atoms with Gasteiger partial charge in [0.1, 0.15) is 17.4 Å². The van der Waals surface area contributed by atoms with Crippen LogP contribution in [-0.2, 0) is 23.9 Å². The van der Waals surface area contributed by atoms with Crippen LogP contribution in [0, 0.1) is 11.8 Å². The highest BCUT2D eigenvalue weighted by Crippen LogP contribution is 2.59. The van der Waals surface area contributed by atoms with E-state index in [-0.39, 0.29) is 31.6 Å². The Morgan fingerprint density at radius 1 is 1.15 bits per heavy atom. The molecule has 9 nitrogen and oxygen atoms in total. The molecule has 3 heterocycles. The van der Waals surface area contributed by atoms with Crippen LogP contribution in [0.5, 0.6) is 5.75 Å². The van der Waals surface area contributed by atoms with E-state index < -0.39 is 35.6 Å². The third-order valence-corrected chi connectivity index (χ3v) is 8.37. The van der Waals surface area contributed by atoms with Crippen molar-refractivity contribution in [3.05, 3.63) is 49.6 Å². The molecular formula is C31H42N2O7. The highest BCUT2D eigenvalue weighted by Gasteiger charge is 2.75. The lowest BCUT2D eigenvalue weighted by Crippen LogP contribution is -2.56. The predicted octanol–water partition coefficient (Wildman–Crippen LogP) is 3.65. The van der Waals surface area contributed by atoms with E-state index in [1.54, 1.807) is 41.2 Å². The smallest absolute Gasteiger partial charge is 0.312 e. The number of fused-ring (bicyclic) bond motifs is 1. The molecular weight excluding hydrogens is 512 g/mol. The van der Waals surface area contributed by atoms with Gasteiger partial charge in [-0.05, 0) is 62.8 Å². The van der Waals surface area contributed by atoms with E-state index in [9.17, 15) is 14.4 Å². The second-order valence-electron chi connectivity index (χ2n) is 10.8. The van der Waals surface area contributed by atoms with Crippen LogP contribution in [0.1, 0.15) is 51.4 Å². The molecule has 5 atom stereocenters. The molecule has 0 aromatic heterocycles. The minimum atomic E-state index is -1.08. The van der Waals surface area contributed by atoms with E-state index in [2.05, 4.69) is 13.2 Å². The van der Waals surface area contributed by atoms with E-state index in [0.29, 0.717) is 50.1 Å².